The maximum absolute atomic E-state index is 12.2. The van der Waals surface area contributed by atoms with Crippen molar-refractivity contribution in [1.82, 2.24) is 9.97 Å². The molecule has 0 N–H and O–H groups in total. The minimum Gasteiger partial charge on any atom is -0.481 e. The van der Waals surface area contributed by atoms with Gasteiger partial charge in [-0.25, -0.2) is 4.98 Å². The summed E-state index contributed by atoms with van der Waals surface area (Å²) in [7, 11) is 1.59. The van der Waals surface area contributed by atoms with Gasteiger partial charge in [0.2, 0.25) is 11.8 Å². The molecule has 108 valence electrons. The Hall–Kier alpha value is -2.43. The van der Waals surface area contributed by atoms with Crippen LogP contribution < -0.4 is 9.64 Å². The van der Waals surface area contributed by atoms with Crippen molar-refractivity contribution >= 4 is 11.6 Å². The van der Waals surface area contributed by atoms with Crippen LogP contribution in [0, 0.1) is 5.92 Å². The third kappa shape index (κ3) is 3.02. The first-order valence-electron chi connectivity index (χ1n) is 6.97. The zero-order valence-corrected chi connectivity index (χ0v) is 11.9. The van der Waals surface area contributed by atoms with Crippen LogP contribution in [0.15, 0.2) is 42.6 Å². The van der Waals surface area contributed by atoms with Crippen LogP contribution in [0.25, 0.3) is 0 Å². The third-order valence-electron chi connectivity index (χ3n) is 3.63. The van der Waals surface area contributed by atoms with Crippen LogP contribution in [0.5, 0.6) is 5.88 Å². The van der Waals surface area contributed by atoms with Crippen LogP contribution >= 0.6 is 0 Å². The minimum atomic E-state index is 0.161. The number of carbonyl (C=O) groups is 1. The summed E-state index contributed by atoms with van der Waals surface area (Å²) in [5.41, 5.74) is 0.955. The molecule has 1 aromatic carbocycles. The van der Waals surface area contributed by atoms with Crippen molar-refractivity contribution in [3.63, 3.8) is 0 Å². The van der Waals surface area contributed by atoms with E-state index >= 15 is 0 Å². The number of ether oxygens (including phenoxy) is 1. The van der Waals surface area contributed by atoms with Crippen LogP contribution in [0.4, 0.5) is 5.69 Å². The van der Waals surface area contributed by atoms with E-state index in [4.69, 9.17) is 4.74 Å². The van der Waals surface area contributed by atoms with Gasteiger partial charge in [0.25, 0.3) is 0 Å². The van der Waals surface area contributed by atoms with Gasteiger partial charge in [-0.15, -0.1) is 0 Å². The van der Waals surface area contributed by atoms with E-state index in [-0.39, 0.29) is 11.8 Å². The van der Waals surface area contributed by atoms with E-state index in [1.165, 1.54) is 0 Å². The van der Waals surface area contributed by atoms with Gasteiger partial charge in [-0.1, -0.05) is 18.2 Å². The molecule has 1 aliphatic heterocycles. The number of hydrogen-bond acceptors (Lipinski definition) is 4. The molecule has 2 aromatic rings. The fourth-order valence-corrected chi connectivity index (χ4v) is 2.63. The molecule has 1 aliphatic rings. The van der Waals surface area contributed by atoms with Crippen LogP contribution in [-0.2, 0) is 11.2 Å². The fraction of sp³-hybridized carbons (Fsp3) is 0.312. The molecule has 0 radical (unpaired) electrons. The molecule has 0 bridgehead atoms. The Bertz CT molecular complexity index is 630. The molecule has 5 nitrogen and oxygen atoms in total. The second kappa shape index (κ2) is 5.91. The number of hydrogen-bond donors (Lipinski definition) is 0. The minimum absolute atomic E-state index is 0.161. The first kappa shape index (κ1) is 13.5. The number of amides is 1. The van der Waals surface area contributed by atoms with Gasteiger partial charge < -0.3 is 9.64 Å². The highest BCUT2D eigenvalue weighted by molar-refractivity contribution is 5.95. The molecule has 1 fully saturated rings. The molecule has 0 aliphatic carbocycles. The molecule has 0 saturated carbocycles. The van der Waals surface area contributed by atoms with Crippen molar-refractivity contribution in [3.8, 4) is 5.88 Å². The summed E-state index contributed by atoms with van der Waals surface area (Å²) < 4.78 is 5.10. The Morgan fingerprint density at radius 2 is 2.10 bits per heavy atom. The van der Waals surface area contributed by atoms with Crippen molar-refractivity contribution in [2.75, 3.05) is 18.6 Å². The Balaban J connectivity index is 1.70. The third-order valence-corrected chi connectivity index (χ3v) is 3.63. The van der Waals surface area contributed by atoms with E-state index in [1.807, 2.05) is 35.2 Å². The van der Waals surface area contributed by atoms with Gasteiger partial charge in [-0.2, -0.15) is 4.98 Å². The molecule has 3 rings (SSSR count). The van der Waals surface area contributed by atoms with Crippen LogP contribution in [0.3, 0.4) is 0 Å². The standard InChI is InChI=1S/C16H17N3O2/c1-21-15-7-8-17-14(18-15)9-12-10-16(20)19(11-12)13-5-3-2-4-6-13/h2-8,12H,9-11H2,1H3/t12-/m0/s1. The normalized spacial score (nSPS) is 18.0. The summed E-state index contributed by atoms with van der Waals surface area (Å²) in [5, 5.41) is 0. The second-order valence-electron chi connectivity index (χ2n) is 5.13. The molecular formula is C16H17N3O2. The monoisotopic (exact) mass is 283 g/mol. The Kier molecular flexibility index (Phi) is 3.81. The van der Waals surface area contributed by atoms with E-state index in [9.17, 15) is 4.79 Å². The van der Waals surface area contributed by atoms with Crippen molar-refractivity contribution < 1.29 is 9.53 Å². The highest BCUT2D eigenvalue weighted by Gasteiger charge is 2.31. The maximum Gasteiger partial charge on any atom is 0.227 e. The number of carbonyl (C=O) groups excluding carboxylic acids is 1. The smallest absolute Gasteiger partial charge is 0.227 e. The lowest BCUT2D eigenvalue weighted by molar-refractivity contribution is -0.117. The Morgan fingerprint density at radius 3 is 2.86 bits per heavy atom. The number of benzene rings is 1. The molecule has 2 heterocycles. The number of aromatic nitrogens is 2. The van der Waals surface area contributed by atoms with Crippen molar-refractivity contribution in [1.29, 1.82) is 0 Å². The van der Waals surface area contributed by atoms with Gasteiger partial charge in [-0.05, 0) is 18.1 Å². The lowest BCUT2D eigenvalue weighted by Gasteiger charge is -2.16. The molecular weight excluding hydrogens is 266 g/mol. The van der Waals surface area contributed by atoms with Gasteiger partial charge in [0.05, 0.1) is 7.11 Å². The predicted octanol–water partition coefficient (Wildman–Crippen LogP) is 2.08. The van der Waals surface area contributed by atoms with Gasteiger partial charge in [0.1, 0.15) is 5.82 Å². The number of rotatable bonds is 4. The van der Waals surface area contributed by atoms with E-state index in [0.717, 1.165) is 11.5 Å². The zero-order chi connectivity index (χ0) is 14.7. The Morgan fingerprint density at radius 1 is 1.29 bits per heavy atom. The molecule has 1 aromatic heterocycles. The maximum atomic E-state index is 12.2. The quantitative estimate of drug-likeness (QED) is 0.862. The molecule has 1 atom stereocenters. The summed E-state index contributed by atoms with van der Waals surface area (Å²) in [6.45, 7) is 0.712. The number of anilines is 1. The molecule has 1 amide bonds. The SMILES string of the molecule is COc1ccnc(C[C@H]2CC(=O)N(c3ccccc3)C2)n1. The summed E-state index contributed by atoms with van der Waals surface area (Å²) in [6, 6.07) is 11.5. The molecule has 1 saturated heterocycles. The summed E-state index contributed by atoms with van der Waals surface area (Å²) in [6.07, 6.45) is 2.91. The summed E-state index contributed by atoms with van der Waals surface area (Å²) in [4.78, 5) is 22.6. The highest BCUT2D eigenvalue weighted by Crippen LogP contribution is 2.26. The fourth-order valence-electron chi connectivity index (χ4n) is 2.63. The average Bonchev–Trinajstić information content (AvgIpc) is 2.89. The van der Waals surface area contributed by atoms with Crippen molar-refractivity contribution in [2.24, 2.45) is 5.92 Å². The zero-order valence-electron chi connectivity index (χ0n) is 11.9. The van der Waals surface area contributed by atoms with E-state index in [2.05, 4.69) is 9.97 Å². The van der Waals surface area contributed by atoms with E-state index in [0.29, 0.717) is 25.3 Å². The van der Waals surface area contributed by atoms with Crippen LogP contribution in [-0.4, -0.2) is 29.5 Å². The largest absolute Gasteiger partial charge is 0.481 e. The number of nitrogens with zero attached hydrogens (tertiary/aromatic N) is 3. The van der Waals surface area contributed by atoms with Crippen molar-refractivity contribution in [3.05, 3.63) is 48.4 Å². The van der Waals surface area contributed by atoms with Crippen LogP contribution in [0.2, 0.25) is 0 Å². The summed E-state index contributed by atoms with van der Waals surface area (Å²) in [5.74, 6) is 1.69. The second-order valence-corrected chi connectivity index (χ2v) is 5.13. The molecule has 21 heavy (non-hydrogen) atoms. The van der Waals surface area contributed by atoms with Gasteiger partial charge in [-0.3, -0.25) is 4.79 Å². The predicted molar refractivity (Wildman–Crippen MR) is 79.2 cm³/mol. The average molecular weight is 283 g/mol. The van der Waals surface area contributed by atoms with Crippen LogP contribution in [0.1, 0.15) is 12.2 Å². The number of methoxy groups -OCH3 is 1. The molecule has 5 heteroatoms. The lowest BCUT2D eigenvalue weighted by atomic mass is 10.0. The Labute approximate surface area is 123 Å². The lowest BCUT2D eigenvalue weighted by Crippen LogP contribution is -2.24. The van der Waals surface area contributed by atoms with Crippen molar-refractivity contribution in [2.45, 2.75) is 12.8 Å². The van der Waals surface area contributed by atoms with Gasteiger partial charge in [0.15, 0.2) is 0 Å². The first-order valence-corrected chi connectivity index (χ1v) is 6.97. The molecule has 0 spiro atoms. The highest BCUT2D eigenvalue weighted by atomic mass is 16.5. The first-order chi connectivity index (χ1) is 10.3. The van der Waals surface area contributed by atoms with Gasteiger partial charge >= 0.3 is 0 Å². The van der Waals surface area contributed by atoms with E-state index in [1.54, 1.807) is 19.4 Å². The number of para-hydroxylation sites is 1. The summed E-state index contributed by atoms with van der Waals surface area (Å²) >= 11 is 0. The topological polar surface area (TPSA) is 55.3 Å². The van der Waals surface area contributed by atoms with Gasteiger partial charge in [0, 0.05) is 37.3 Å². The molecule has 0 unspecified atom stereocenters. The van der Waals surface area contributed by atoms with E-state index < -0.39 is 0 Å².